The molecule has 0 radical (unpaired) electrons. The maximum absolute atomic E-state index is 12.2. The number of rotatable bonds is 6. The van der Waals surface area contributed by atoms with Crippen molar-refractivity contribution in [3.63, 3.8) is 0 Å². The average molecular weight is 365 g/mol. The molecule has 1 amide bonds. The van der Waals surface area contributed by atoms with Gasteiger partial charge >= 0.3 is 0 Å². The van der Waals surface area contributed by atoms with Gasteiger partial charge in [-0.3, -0.25) is 4.79 Å². The minimum absolute atomic E-state index is 0.0962. The van der Waals surface area contributed by atoms with Gasteiger partial charge in [-0.2, -0.15) is 5.10 Å². The standard InChI is InChI=1S/C21H23N3O3/c1-14-12-15(2)24(23-14)17-6-4-16(5-7-17)10-11-22-21(26)19-9-8-18(27-3)13-20(19)25/h4-9,12-13,25H,10-11H2,1-3H3,(H,22,26). The predicted molar refractivity (Wildman–Crippen MR) is 104 cm³/mol. The number of methoxy groups -OCH3 is 1. The summed E-state index contributed by atoms with van der Waals surface area (Å²) in [7, 11) is 1.51. The molecule has 2 aromatic carbocycles. The smallest absolute Gasteiger partial charge is 0.255 e. The first-order valence-electron chi connectivity index (χ1n) is 8.75. The van der Waals surface area contributed by atoms with Gasteiger partial charge < -0.3 is 15.2 Å². The van der Waals surface area contributed by atoms with E-state index in [0.717, 1.165) is 22.6 Å². The number of hydrogen-bond donors (Lipinski definition) is 2. The van der Waals surface area contributed by atoms with Crippen molar-refractivity contribution < 1.29 is 14.6 Å². The van der Waals surface area contributed by atoms with Crippen molar-refractivity contribution in [1.82, 2.24) is 15.1 Å². The largest absolute Gasteiger partial charge is 0.507 e. The molecule has 0 fully saturated rings. The van der Waals surface area contributed by atoms with Crippen molar-refractivity contribution in [2.45, 2.75) is 20.3 Å². The summed E-state index contributed by atoms with van der Waals surface area (Å²) in [6, 6.07) is 14.8. The van der Waals surface area contributed by atoms with Crippen LogP contribution in [0.4, 0.5) is 0 Å². The Hall–Kier alpha value is -3.28. The number of phenols is 1. The zero-order valence-electron chi connectivity index (χ0n) is 15.7. The van der Waals surface area contributed by atoms with Crippen LogP contribution in [0.3, 0.4) is 0 Å². The Labute approximate surface area is 158 Å². The molecule has 0 spiro atoms. The van der Waals surface area contributed by atoms with Crippen LogP contribution in [0.1, 0.15) is 27.3 Å². The lowest BCUT2D eigenvalue weighted by molar-refractivity contribution is 0.0951. The van der Waals surface area contributed by atoms with Crippen LogP contribution in [0.5, 0.6) is 11.5 Å². The molecular weight excluding hydrogens is 342 g/mol. The fourth-order valence-electron chi connectivity index (χ4n) is 2.94. The van der Waals surface area contributed by atoms with Crippen LogP contribution < -0.4 is 10.1 Å². The van der Waals surface area contributed by atoms with Crippen molar-refractivity contribution in [3.05, 3.63) is 71.0 Å². The summed E-state index contributed by atoms with van der Waals surface area (Å²) in [4.78, 5) is 12.2. The Bertz CT molecular complexity index is 946. The molecule has 2 N–H and O–H groups in total. The molecule has 1 aromatic heterocycles. The van der Waals surface area contributed by atoms with Gasteiger partial charge in [0.25, 0.3) is 5.91 Å². The van der Waals surface area contributed by atoms with Crippen LogP contribution in [0, 0.1) is 13.8 Å². The van der Waals surface area contributed by atoms with E-state index in [4.69, 9.17) is 4.74 Å². The molecule has 3 aromatic rings. The summed E-state index contributed by atoms with van der Waals surface area (Å²) in [6.07, 6.45) is 0.694. The number of nitrogens with zero attached hydrogens (tertiary/aromatic N) is 2. The zero-order valence-corrected chi connectivity index (χ0v) is 15.7. The molecule has 0 aliphatic rings. The minimum atomic E-state index is -0.311. The quantitative estimate of drug-likeness (QED) is 0.703. The average Bonchev–Trinajstić information content (AvgIpc) is 3.00. The van der Waals surface area contributed by atoms with E-state index in [1.54, 1.807) is 12.1 Å². The lowest BCUT2D eigenvalue weighted by atomic mass is 10.1. The first kappa shape index (κ1) is 18.5. The number of aromatic nitrogens is 2. The van der Waals surface area contributed by atoms with Crippen LogP contribution in [-0.2, 0) is 6.42 Å². The summed E-state index contributed by atoms with van der Waals surface area (Å²) in [5.41, 5.74) is 4.43. The second-order valence-electron chi connectivity index (χ2n) is 6.39. The Morgan fingerprint density at radius 3 is 2.48 bits per heavy atom. The van der Waals surface area contributed by atoms with Crippen LogP contribution in [0.2, 0.25) is 0 Å². The van der Waals surface area contributed by atoms with Gasteiger partial charge in [-0.05, 0) is 56.2 Å². The minimum Gasteiger partial charge on any atom is -0.507 e. The number of phenolic OH excluding ortho intramolecular Hbond substituents is 1. The molecular formula is C21H23N3O3. The van der Waals surface area contributed by atoms with Crippen molar-refractivity contribution in [2.24, 2.45) is 0 Å². The number of hydrogen-bond acceptors (Lipinski definition) is 4. The van der Waals surface area contributed by atoms with E-state index < -0.39 is 0 Å². The van der Waals surface area contributed by atoms with E-state index in [1.807, 2.05) is 48.9 Å². The zero-order chi connectivity index (χ0) is 19.4. The third-order valence-corrected chi connectivity index (χ3v) is 4.34. The number of aryl methyl sites for hydroxylation is 2. The number of carbonyl (C=O) groups excluding carboxylic acids is 1. The molecule has 6 heteroatoms. The van der Waals surface area contributed by atoms with E-state index >= 15 is 0 Å². The lowest BCUT2D eigenvalue weighted by Gasteiger charge is -2.09. The van der Waals surface area contributed by atoms with Crippen LogP contribution in [0.15, 0.2) is 48.5 Å². The molecule has 0 saturated carbocycles. The third kappa shape index (κ3) is 4.28. The number of nitrogens with one attached hydrogen (secondary N) is 1. The maximum Gasteiger partial charge on any atom is 0.255 e. The molecule has 140 valence electrons. The van der Waals surface area contributed by atoms with Gasteiger partial charge in [0.05, 0.1) is 24.1 Å². The molecule has 0 bridgehead atoms. The summed E-state index contributed by atoms with van der Waals surface area (Å²) in [6.45, 7) is 4.47. The number of aromatic hydroxyl groups is 1. The molecule has 3 rings (SSSR count). The van der Waals surface area contributed by atoms with E-state index in [-0.39, 0.29) is 17.2 Å². The molecule has 0 aliphatic heterocycles. The molecule has 6 nitrogen and oxygen atoms in total. The normalized spacial score (nSPS) is 10.6. The SMILES string of the molecule is COc1ccc(C(=O)NCCc2ccc(-n3nc(C)cc3C)cc2)c(O)c1. The highest BCUT2D eigenvalue weighted by Crippen LogP contribution is 2.23. The lowest BCUT2D eigenvalue weighted by Crippen LogP contribution is -2.25. The van der Waals surface area contributed by atoms with Crippen LogP contribution >= 0.6 is 0 Å². The highest BCUT2D eigenvalue weighted by Gasteiger charge is 2.11. The summed E-state index contributed by atoms with van der Waals surface area (Å²) >= 11 is 0. The first-order valence-corrected chi connectivity index (χ1v) is 8.75. The van der Waals surface area contributed by atoms with Gasteiger partial charge in [-0.25, -0.2) is 4.68 Å². The predicted octanol–water partition coefficient (Wildman–Crippen LogP) is 3.18. The molecule has 1 heterocycles. The fraction of sp³-hybridized carbons (Fsp3) is 0.238. The van der Waals surface area contributed by atoms with Gasteiger partial charge in [0.15, 0.2) is 0 Å². The molecule has 0 atom stereocenters. The topological polar surface area (TPSA) is 76.4 Å². The highest BCUT2D eigenvalue weighted by atomic mass is 16.5. The van der Waals surface area contributed by atoms with Gasteiger partial charge in [0, 0.05) is 18.3 Å². The maximum atomic E-state index is 12.2. The van der Waals surface area contributed by atoms with Crippen LogP contribution in [0.25, 0.3) is 5.69 Å². The summed E-state index contributed by atoms with van der Waals surface area (Å²) in [5, 5.41) is 17.2. The van der Waals surface area contributed by atoms with E-state index in [1.165, 1.54) is 13.2 Å². The van der Waals surface area contributed by atoms with Crippen molar-refractivity contribution >= 4 is 5.91 Å². The van der Waals surface area contributed by atoms with E-state index in [2.05, 4.69) is 10.4 Å². The second-order valence-corrected chi connectivity index (χ2v) is 6.39. The molecule has 0 unspecified atom stereocenters. The van der Waals surface area contributed by atoms with Crippen molar-refractivity contribution in [1.29, 1.82) is 0 Å². The molecule has 27 heavy (non-hydrogen) atoms. The first-order chi connectivity index (χ1) is 13.0. The number of ether oxygens (including phenoxy) is 1. The van der Waals surface area contributed by atoms with Gasteiger partial charge in [-0.1, -0.05) is 12.1 Å². The number of benzene rings is 2. The fourth-order valence-corrected chi connectivity index (χ4v) is 2.94. The number of amides is 1. The van der Waals surface area contributed by atoms with Gasteiger partial charge in [-0.15, -0.1) is 0 Å². The van der Waals surface area contributed by atoms with Gasteiger partial charge in [0.2, 0.25) is 0 Å². The molecule has 0 saturated heterocycles. The van der Waals surface area contributed by atoms with Crippen molar-refractivity contribution in [3.8, 4) is 17.2 Å². The Kier molecular flexibility index (Phi) is 5.45. The Morgan fingerprint density at radius 1 is 1.15 bits per heavy atom. The van der Waals surface area contributed by atoms with E-state index in [0.29, 0.717) is 18.7 Å². The van der Waals surface area contributed by atoms with Crippen LogP contribution in [-0.4, -0.2) is 34.4 Å². The summed E-state index contributed by atoms with van der Waals surface area (Å²) < 4.78 is 6.93. The monoisotopic (exact) mass is 365 g/mol. The third-order valence-electron chi connectivity index (χ3n) is 4.34. The number of carbonyl (C=O) groups is 1. The Balaban J connectivity index is 1.57. The van der Waals surface area contributed by atoms with E-state index in [9.17, 15) is 9.90 Å². The van der Waals surface area contributed by atoms with Gasteiger partial charge in [0.1, 0.15) is 11.5 Å². The highest BCUT2D eigenvalue weighted by molar-refractivity contribution is 5.97. The summed E-state index contributed by atoms with van der Waals surface area (Å²) in [5.74, 6) is 0.0993. The molecule has 0 aliphatic carbocycles. The van der Waals surface area contributed by atoms with Crippen molar-refractivity contribution in [2.75, 3.05) is 13.7 Å². The second kappa shape index (κ2) is 7.95. The Morgan fingerprint density at radius 2 is 1.89 bits per heavy atom.